The van der Waals surface area contributed by atoms with Crippen molar-refractivity contribution in [2.45, 2.75) is 13.3 Å². The van der Waals surface area contributed by atoms with Gasteiger partial charge in [0.2, 0.25) is 5.91 Å². The van der Waals surface area contributed by atoms with Crippen LogP contribution in [0.1, 0.15) is 18.9 Å². The summed E-state index contributed by atoms with van der Waals surface area (Å²) in [5.41, 5.74) is 0.801. The highest BCUT2D eigenvalue weighted by molar-refractivity contribution is 6.04. The second kappa shape index (κ2) is 7.10. The molecule has 0 bridgehead atoms. The van der Waals surface area contributed by atoms with Gasteiger partial charge in [0.15, 0.2) is 0 Å². The Labute approximate surface area is 111 Å². The molecule has 0 fully saturated rings. The highest BCUT2D eigenvalue weighted by atomic mass is 16.4. The molecule has 0 aliphatic carbocycles. The summed E-state index contributed by atoms with van der Waals surface area (Å²) >= 11 is 0. The van der Waals surface area contributed by atoms with E-state index in [-0.39, 0.29) is 6.42 Å². The SMILES string of the molecule is CCC(=O)N(CC(=O)O)C(=O)C=Cc1ccccc1. The van der Waals surface area contributed by atoms with Gasteiger partial charge in [-0.25, -0.2) is 0 Å². The number of carbonyl (C=O) groups excluding carboxylic acids is 2. The normalized spacial score (nSPS) is 10.4. The van der Waals surface area contributed by atoms with Crippen LogP contribution < -0.4 is 0 Å². The van der Waals surface area contributed by atoms with Crippen molar-refractivity contribution < 1.29 is 19.5 Å². The molecule has 5 nitrogen and oxygen atoms in total. The summed E-state index contributed by atoms with van der Waals surface area (Å²) in [4.78, 5) is 34.7. The Morgan fingerprint density at radius 3 is 2.37 bits per heavy atom. The number of aliphatic carboxylic acids is 1. The fourth-order valence-corrected chi connectivity index (χ4v) is 1.44. The van der Waals surface area contributed by atoms with E-state index in [4.69, 9.17) is 5.11 Å². The van der Waals surface area contributed by atoms with E-state index < -0.39 is 24.3 Å². The molecular formula is C14H15NO4. The van der Waals surface area contributed by atoms with E-state index in [1.54, 1.807) is 25.1 Å². The van der Waals surface area contributed by atoms with Crippen LogP contribution in [-0.2, 0) is 14.4 Å². The number of imide groups is 1. The molecule has 0 heterocycles. The molecule has 2 amide bonds. The molecule has 0 aliphatic heterocycles. The van der Waals surface area contributed by atoms with Crippen molar-refractivity contribution in [1.82, 2.24) is 4.90 Å². The van der Waals surface area contributed by atoms with Gasteiger partial charge in [-0.1, -0.05) is 37.3 Å². The highest BCUT2D eigenvalue weighted by Gasteiger charge is 2.20. The first kappa shape index (κ1) is 14.6. The largest absolute Gasteiger partial charge is 0.480 e. The Bertz CT molecular complexity index is 493. The quantitative estimate of drug-likeness (QED) is 0.816. The lowest BCUT2D eigenvalue weighted by Gasteiger charge is -2.15. The van der Waals surface area contributed by atoms with Crippen LogP contribution in [0.2, 0.25) is 0 Å². The van der Waals surface area contributed by atoms with Gasteiger partial charge in [0.25, 0.3) is 5.91 Å². The second-order valence-corrected chi connectivity index (χ2v) is 3.81. The summed E-state index contributed by atoms with van der Waals surface area (Å²) in [5.74, 6) is -2.36. The Balaban J connectivity index is 2.80. The van der Waals surface area contributed by atoms with E-state index in [9.17, 15) is 14.4 Å². The van der Waals surface area contributed by atoms with Crippen molar-refractivity contribution in [3.05, 3.63) is 42.0 Å². The molecule has 0 saturated carbocycles. The maximum Gasteiger partial charge on any atom is 0.323 e. The van der Waals surface area contributed by atoms with Crippen LogP contribution in [0, 0.1) is 0 Å². The first-order chi connectivity index (χ1) is 9.04. The zero-order valence-electron chi connectivity index (χ0n) is 10.6. The molecule has 1 N–H and O–H groups in total. The summed E-state index contributed by atoms with van der Waals surface area (Å²) in [6, 6.07) is 9.07. The summed E-state index contributed by atoms with van der Waals surface area (Å²) in [6.07, 6.45) is 2.82. The lowest BCUT2D eigenvalue weighted by Crippen LogP contribution is -2.39. The molecule has 0 unspecified atom stereocenters. The van der Waals surface area contributed by atoms with E-state index in [1.807, 2.05) is 18.2 Å². The fraction of sp³-hybridized carbons (Fsp3) is 0.214. The molecule has 0 aromatic heterocycles. The van der Waals surface area contributed by atoms with Crippen LogP contribution in [0.4, 0.5) is 0 Å². The van der Waals surface area contributed by atoms with Crippen LogP contribution in [0.15, 0.2) is 36.4 Å². The van der Waals surface area contributed by atoms with Gasteiger partial charge >= 0.3 is 5.97 Å². The van der Waals surface area contributed by atoms with Crippen molar-refractivity contribution in [2.24, 2.45) is 0 Å². The number of rotatable bonds is 5. The van der Waals surface area contributed by atoms with Gasteiger partial charge in [-0.3, -0.25) is 19.3 Å². The van der Waals surface area contributed by atoms with E-state index in [1.165, 1.54) is 6.08 Å². The van der Waals surface area contributed by atoms with Gasteiger partial charge in [0, 0.05) is 12.5 Å². The second-order valence-electron chi connectivity index (χ2n) is 3.81. The average molecular weight is 261 g/mol. The highest BCUT2D eigenvalue weighted by Crippen LogP contribution is 2.03. The summed E-state index contributed by atoms with van der Waals surface area (Å²) in [5, 5.41) is 8.69. The maximum atomic E-state index is 11.8. The van der Waals surface area contributed by atoms with Crippen molar-refractivity contribution in [3.63, 3.8) is 0 Å². The number of carboxylic acids is 1. The summed E-state index contributed by atoms with van der Waals surface area (Å²) in [6.45, 7) is 0.954. The number of carbonyl (C=O) groups is 3. The Hall–Kier alpha value is -2.43. The van der Waals surface area contributed by atoms with Gasteiger partial charge in [0.1, 0.15) is 6.54 Å². The number of carboxylic acid groups (broad SMARTS) is 1. The van der Waals surface area contributed by atoms with Crippen molar-refractivity contribution in [1.29, 1.82) is 0 Å². The van der Waals surface area contributed by atoms with E-state index >= 15 is 0 Å². The van der Waals surface area contributed by atoms with Crippen LogP contribution in [0.25, 0.3) is 6.08 Å². The molecule has 0 saturated heterocycles. The minimum atomic E-state index is -1.22. The van der Waals surface area contributed by atoms with Gasteiger partial charge in [-0.15, -0.1) is 0 Å². The fourth-order valence-electron chi connectivity index (χ4n) is 1.44. The molecule has 0 radical (unpaired) electrons. The number of hydrogen-bond acceptors (Lipinski definition) is 3. The number of amides is 2. The first-order valence-electron chi connectivity index (χ1n) is 5.84. The van der Waals surface area contributed by atoms with Gasteiger partial charge in [-0.05, 0) is 11.6 Å². The molecule has 1 rings (SSSR count). The summed E-state index contributed by atoms with van der Waals surface area (Å²) < 4.78 is 0. The average Bonchev–Trinajstić information content (AvgIpc) is 2.42. The monoisotopic (exact) mass is 261 g/mol. The van der Waals surface area contributed by atoms with Crippen molar-refractivity contribution >= 4 is 23.9 Å². The molecule has 0 spiro atoms. The molecular weight excluding hydrogens is 246 g/mol. The predicted molar refractivity (Wildman–Crippen MR) is 70.1 cm³/mol. The molecule has 1 aromatic rings. The molecule has 19 heavy (non-hydrogen) atoms. The minimum Gasteiger partial charge on any atom is -0.480 e. The minimum absolute atomic E-state index is 0.0815. The zero-order valence-corrected chi connectivity index (χ0v) is 10.6. The standard InChI is InChI=1S/C14H15NO4/c1-2-12(16)15(10-14(18)19)13(17)9-8-11-6-4-3-5-7-11/h3-9H,2,10H2,1H3,(H,18,19). The number of nitrogens with zero attached hydrogens (tertiary/aromatic N) is 1. The van der Waals surface area contributed by atoms with Crippen LogP contribution in [-0.4, -0.2) is 34.3 Å². The Kier molecular flexibility index (Phi) is 5.47. The number of hydrogen-bond donors (Lipinski definition) is 1. The lowest BCUT2D eigenvalue weighted by molar-refractivity contribution is -0.150. The van der Waals surface area contributed by atoms with Crippen molar-refractivity contribution in [3.8, 4) is 0 Å². The molecule has 5 heteroatoms. The zero-order chi connectivity index (χ0) is 14.3. The van der Waals surface area contributed by atoms with Crippen LogP contribution >= 0.6 is 0 Å². The van der Waals surface area contributed by atoms with Crippen LogP contribution in [0.3, 0.4) is 0 Å². The first-order valence-corrected chi connectivity index (χ1v) is 5.84. The Morgan fingerprint density at radius 1 is 1.21 bits per heavy atom. The van der Waals surface area contributed by atoms with Crippen molar-refractivity contribution in [2.75, 3.05) is 6.54 Å². The van der Waals surface area contributed by atoms with Gasteiger partial charge in [-0.2, -0.15) is 0 Å². The van der Waals surface area contributed by atoms with E-state index in [0.717, 1.165) is 10.5 Å². The molecule has 1 aromatic carbocycles. The number of benzene rings is 1. The van der Waals surface area contributed by atoms with E-state index in [2.05, 4.69) is 0 Å². The Morgan fingerprint density at radius 2 is 1.84 bits per heavy atom. The third-order valence-electron chi connectivity index (χ3n) is 2.38. The topological polar surface area (TPSA) is 74.7 Å². The maximum absolute atomic E-state index is 11.8. The third-order valence-corrected chi connectivity index (χ3v) is 2.38. The third kappa shape index (κ3) is 4.75. The molecule has 100 valence electrons. The van der Waals surface area contributed by atoms with Gasteiger partial charge < -0.3 is 5.11 Å². The predicted octanol–water partition coefficient (Wildman–Crippen LogP) is 1.55. The lowest BCUT2D eigenvalue weighted by atomic mass is 10.2. The van der Waals surface area contributed by atoms with E-state index in [0.29, 0.717) is 0 Å². The molecule has 0 aliphatic rings. The smallest absolute Gasteiger partial charge is 0.323 e. The molecule has 0 atom stereocenters. The van der Waals surface area contributed by atoms with Crippen LogP contribution in [0.5, 0.6) is 0 Å². The van der Waals surface area contributed by atoms with Gasteiger partial charge in [0.05, 0.1) is 0 Å². The summed E-state index contributed by atoms with van der Waals surface area (Å²) in [7, 11) is 0.